The summed E-state index contributed by atoms with van der Waals surface area (Å²) in [5.74, 6) is 5.77. The van der Waals surface area contributed by atoms with Gasteiger partial charge in [-0.25, -0.2) is 19.9 Å². The summed E-state index contributed by atoms with van der Waals surface area (Å²) in [6.45, 7) is 10.8. The molecule has 74 heavy (non-hydrogen) atoms. The molecule has 0 atom stereocenters. The van der Waals surface area contributed by atoms with Crippen LogP contribution in [0.5, 0.6) is 46.3 Å². The highest BCUT2D eigenvalue weighted by molar-refractivity contribution is 6.27. The van der Waals surface area contributed by atoms with Crippen LogP contribution in [0.1, 0.15) is 49.9 Å². The van der Waals surface area contributed by atoms with E-state index in [-0.39, 0.29) is 17.7 Å². The number of likely N-dealkylation sites (tertiary alicyclic amines) is 3. The van der Waals surface area contributed by atoms with E-state index >= 15 is 0 Å². The Morgan fingerprint density at radius 3 is 1.49 bits per heavy atom. The van der Waals surface area contributed by atoms with Gasteiger partial charge >= 0.3 is 0 Å². The lowest BCUT2D eigenvalue weighted by molar-refractivity contribution is -0.133. The smallest absolute Gasteiger partial charge is 0.237 e. The molecule has 3 aliphatic rings. The third-order valence-corrected chi connectivity index (χ3v) is 14.4. The molecule has 11 rings (SSSR count). The number of fused-ring (bicyclic) bond motifs is 4. The predicted molar refractivity (Wildman–Crippen MR) is 284 cm³/mol. The number of hydrogen-bond donors (Lipinski definition) is 2. The zero-order valence-corrected chi connectivity index (χ0v) is 43.1. The number of piperidine rings is 2. The number of rotatable bonds is 15. The van der Waals surface area contributed by atoms with E-state index in [1.54, 1.807) is 14.2 Å². The van der Waals surface area contributed by atoms with Gasteiger partial charge in [0.25, 0.3) is 0 Å². The SMILES string of the molecule is COc1cc2c(Oc3ccc4[nH]c(C)cc4c3)ncnc2cc1OCC1CCN(C(=O)CCl)CC1.COc1cc2c(Oc3ccc4[nH]c(C)cc4c3)ncnc2cc1OCC1CCN(C(=O)CN2CCCC2)CC1. The lowest BCUT2D eigenvalue weighted by atomic mass is 9.97. The van der Waals surface area contributed by atoms with Crippen molar-refractivity contribution in [3.63, 3.8) is 0 Å². The molecule has 8 aromatic rings. The van der Waals surface area contributed by atoms with Gasteiger partial charge in [-0.1, -0.05) is 0 Å². The molecule has 3 aliphatic heterocycles. The summed E-state index contributed by atoms with van der Waals surface area (Å²) in [5, 5.41) is 3.63. The largest absolute Gasteiger partial charge is 0.493 e. The number of aromatic nitrogens is 6. The van der Waals surface area contributed by atoms with Gasteiger partial charge in [-0.05, 0) is 138 Å². The third kappa shape index (κ3) is 11.7. The van der Waals surface area contributed by atoms with Gasteiger partial charge in [0.05, 0.1) is 55.8 Å². The summed E-state index contributed by atoms with van der Waals surface area (Å²) in [7, 11) is 3.24. The maximum atomic E-state index is 12.7. The van der Waals surface area contributed by atoms with Gasteiger partial charge in [0.2, 0.25) is 23.6 Å². The number of amides is 2. The first-order valence-electron chi connectivity index (χ1n) is 25.4. The number of aromatic amines is 2. The van der Waals surface area contributed by atoms with Crippen molar-refractivity contribution in [2.45, 2.75) is 52.4 Å². The van der Waals surface area contributed by atoms with E-state index in [0.717, 1.165) is 101 Å². The average Bonchev–Trinajstić information content (AvgIpc) is 4.18. The molecule has 0 aliphatic carbocycles. The Balaban J connectivity index is 0.000000170. The lowest BCUT2D eigenvalue weighted by Crippen LogP contribution is -2.44. The second-order valence-electron chi connectivity index (χ2n) is 19.4. The van der Waals surface area contributed by atoms with Crippen LogP contribution in [0.15, 0.2) is 85.5 Å². The molecule has 0 radical (unpaired) electrons. The number of hydrogen-bond acceptors (Lipinski definition) is 13. The second kappa shape index (κ2) is 22.8. The van der Waals surface area contributed by atoms with Crippen LogP contribution in [0.4, 0.5) is 0 Å². The molecule has 3 fully saturated rings. The van der Waals surface area contributed by atoms with Crippen LogP contribution in [0.3, 0.4) is 0 Å². The van der Waals surface area contributed by atoms with Gasteiger partial charge in [-0.15, -0.1) is 11.6 Å². The van der Waals surface area contributed by atoms with Gasteiger partial charge in [0.1, 0.15) is 30.0 Å². The Kier molecular flexibility index (Phi) is 15.5. The molecule has 2 N–H and O–H groups in total. The van der Waals surface area contributed by atoms with E-state index in [9.17, 15) is 9.59 Å². The van der Waals surface area contributed by atoms with E-state index in [0.29, 0.717) is 96.5 Å². The molecular weight excluding hydrogens is 962 g/mol. The molecule has 4 aromatic carbocycles. The van der Waals surface area contributed by atoms with Gasteiger partial charge < -0.3 is 48.2 Å². The summed E-state index contributed by atoms with van der Waals surface area (Å²) in [4.78, 5) is 54.8. The molecule has 0 unspecified atom stereocenters. The summed E-state index contributed by atoms with van der Waals surface area (Å²) >= 11 is 5.67. The molecule has 7 heterocycles. The van der Waals surface area contributed by atoms with Crippen LogP contribution in [-0.4, -0.2) is 136 Å². The molecule has 0 saturated carbocycles. The maximum Gasteiger partial charge on any atom is 0.237 e. The molecular formula is C56H62ClN9O8. The number of aryl methyl sites for hydroxylation is 2. The second-order valence-corrected chi connectivity index (χ2v) is 19.7. The Hall–Kier alpha value is -7.37. The molecule has 4 aromatic heterocycles. The van der Waals surface area contributed by atoms with E-state index < -0.39 is 0 Å². The number of carbonyl (C=O) groups is 2. The van der Waals surface area contributed by atoms with E-state index in [1.165, 1.54) is 25.5 Å². The molecule has 3 saturated heterocycles. The Morgan fingerprint density at radius 1 is 0.581 bits per heavy atom. The van der Waals surface area contributed by atoms with Crippen LogP contribution in [-0.2, 0) is 9.59 Å². The van der Waals surface area contributed by atoms with Gasteiger partial charge in [0, 0.05) is 71.5 Å². The van der Waals surface area contributed by atoms with Gasteiger partial charge in [-0.3, -0.25) is 14.5 Å². The first kappa shape index (κ1) is 50.2. The lowest BCUT2D eigenvalue weighted by Gasteiger charge is -2.33. The number of alkyl halides is 1. The van der Waals surface area contributed by atoms with Crippen molar-refractivity contribution >= 4 is 67.0 Å². The van der Waals surface area contributed by atoms with Gasteiger partial charge in [0.15, 0.2) is 23.0 Å². The minimum atomic E-state index is -0.0110. The first-order chi connectivity index (χ1) is 36.1. The van der Waals surface area contributed by atoms with Crippen LogP contribution in [0, 0.1) is 25.7 Å². The molecule has 0 bridgehead atoms. The maximum absolute atomic E-state index is 12.7. The predicted octanol–water partition coefficient (Wildman–Crippen LogP) is 10.0. The fourth-order valence-corrected chi connectivity index (χ4v) is 10.2. The zero-order chi connectivity index (χ0) is 51.1. The zero-order valence-electron chi connectivity index (χ0n) is 42.3. The van der Waals surface area contributed by atoms with Crippen molar-refractivity contribution in [1.29, 1.82) is 0 Å². The first-order valence-corrected chi connectivity index (χ1v) is 25.9. The van der Waals surface area contributed by atoms with Crippen LogP contribution < -0.4 is 28.4 Å². The topological polar surface area (TPSA) is 182 Å². The highest BCUT2D eigenvalue weighted by Gasteiger charge is 2.27. The Bertz CT molecular complexity index is 3270. The fourth-order valence-electron chi connectivity index (χ4n) is 10.1. The number of nitrogens with zero attached hydrogens (tertiary/aromatic N) is 7. The molecule has 0 spiro atoms. The summed E-state index contributed by atoms with van der Waals surface area (Å²) < 4.78 is 36.0. The molecule has 2 amide bonds. The van der Waals surface area contributed by atoms with Crippen LogP contribution >= 0.6 is 11.6 Å². The normalized spacial score (nSPS) is 15.6. The number of benzene rings is 4. The standard InChI is InChI=1S/C30H35N5O4.C26H27ClN4O4/c1-20-13-22-14-23(5-6-25(22)33-20)39-30-24-15-27(37-2)28(16-26(24)31-19-32-30)38-18-21-7-11-35(12-8-21)29(36)17-34-9-3-4-10-34;1-16-9-18-10-19(3-4-21(18)30-16)35-26-20-11-23(33-2)24(12-22(20)28-15-29-26)34-14-17-5-7-31(8-6-17)25(32)13-27/h5-6,13-16,19,21,33H,3-4,7-12,17-18H2,1-2H3;3-4,9-12,15,17,30H,5-8,13-14H2,1-2H3. The Morgan fingerprint density at radius 2 is 1.04 bits per heavy atom. The molecule has 18 heteroatoms. The highest BCUT2D eigenvalue weighted by Crippen LogP contribution is 2.39. The summed E-state index contributed by atoms with van der Waals surface area (Å²) in [6.07, 6.45) is 9.02. The van der Waals surface area contributed by atoms with E-state index in [4.69, 9.17) is 40.0 Å². The quantitative estimate of drug-likeness (QED) is 0.0927. The number of H-pyrrole nitrogens is 2. The minimum absolute atomic E-state index is 0.0110. The molecule has 386 valence electrons. The van der Waals surface area contributed by atoms with E-state index in [1.807, 2.05) is 84.3 Å². The van der Waals surface area contributed by atoms with Crippen LogP contribution in [0.25, 0.3) is 43.6 Å². The summed E-state index contributed by atoms with van der Waals surface area (Å²) in [6, 6.07) is 23.4. The monoisotopic (exact) mass is 1020 g/mol. The van der Waals surface area contributed by atoms with Crippen molar-refractivity contribution in [3.8, 4) is 46.3 Å². The van der Waals surface area contributed by atoms with Crippen molar-refractivity contribution in [3.05, 3.63) is 96.8 Å². The fraction of sp³-hybridized carbons (Fsp3) is 0.393. The Labute approximate surface area is 434 Å². The summed E-state index contributed by atoms with van der Waals surface area (Å²) in [5.41, 5.74) is 5.74. The number of halogens is 1. The van der Waals surface area contributed by atoms with Crippen molar-refractivity contribution in [1.82, 2.24) is 44.6 Å². The van der Waals surface area contributed by atoms with Crippen molar-refractivity contribution in [2.24, 2.45) is 11.8 Å². The van der Waals surface area contributed by atoms with Crippen molar-refractivity contribution in [2.75, 3.05) is 79.1 Å². The number of methoxy groups -OCH3 is 2. The van der Waals surface area contributed by atoms with Gasteiger partial charge in [-0.2, -0.15) is 0 Å². The van der Waals surface area contributed by atoms with Crippen LogP contribution in [0.2, 0.25) is 0 Å². The minimum Gasteiger partial charge on any atom is -0.493 e. The average molecular weight is 1020 g/mol. The number of nitrogens with one attached hydrogen (secondary N) is 2. The number of ether oxygens (including phenoxy) is 6. The van der Waals surface area contributed by atoms with E-state index in [2.05, 4.69) is 46.9 Å². The highest BCUT2D eigenvalue weighted by atomic mass is 35.5. The third-order valence-electron chi connectivity index (χ3n) is 14.2. The van der Waals surface area contributed by atoms with Crippen molar-refractivity contribution < 1.29 is 38.0 Å². The molecule has 17 nitrogen and oxygen atoms in total. The number of carbonyl (C=O) groups excluding carboxylic acids is 2.